The van der Waals surface area contributed by atoms with Gasteiger partial charge in [-0.25, -0.2) is 4.79 Å². The van der Waals surface area contributed by atoms with E-state index in [1.54, 1.807) is 7.11 Å². The van der Waals surface area contributed by atoms with Crippen LogP contribution in [0, 0.1) is 0 Å². The van der Waals surface area contributed by atoms with E-state index in [9.17, 15) is 4.79 Å². The van der Waals surface area contributed by atoms with Crippen molar-refractivity contribution in [1.82, 2.24) is 5.32 Å². The average Bonchev–Trinajstić information content (AvgIpc) is 3.29. The molecule has 2 fully saturated rings. The number of carbonyl (C=O) groups excluding carboxylic acids is 1. The van der Waals surface area contributed by atoms with E-state index >= 15 is 0 Å². The monoisotopic (exact) mass is 381 g/mol. The molecule has 0 aromatic heterocycles. The number of alkyl carbamates (subject to hydrolysis) is 1. The quantitative estimate of drug-likeness (QED) is 0.749. The maximum absolute atomic E-state index is 12.1. The average molecular weight is 381 g/mol. The van der Waals surface area contributed by atoms with Crippen LogP contribution in [-0.2, 0) is 11.3 Å². The highest BCUT2D eigenvalue weighted by molar-refractivity contribution is 5.68. The Kier molecular flexibility index (Phi) is 5.70. The molecule has 2 aliphatic rings. The Hall–Kier alpha value is -2.69. The lowest BCUT2D eigenvalue weighted by atomic mass is 10.1. The zero-order valence-electron chi connectivity index (χ0n) is 16.2. The zero-order chi connectivity index (χ0) is 19.3. The summed E-state index contributed by atoms with van der Waals surface area (Å²) >= 11 is 0. The topological polar surface area (TPSA) is 56.8 Å². The Morgan fingerprint density at radius 3 is 2.61 bits per heavy atom. The van der Waals surface area contributed by atoms with Gasteiger partial charge in [-0.3, -0.25) is 0 Å². The van der Waals surface area contributed by atoms with E-state index in [0.717, 1.165) is 36.3 Å². The summed E-state index contributed by atoms with van der Waals surface area (Å²) in [4.78, 5) is 12.1. The summed E-state index contributed by atoms with van der Waals surface area (Å²) in [6.45, 7) is 0.284. The standard InChI is InChI=1S/C23H27NO4/c1-26-21-12-11-17(13-22(21)28-18-9-5-6-10-18)19-14-20(19)24-23(25)27-15-16-7-3-2-4-8-16/h2-4,7-8,11-13,18-20H,5-6,9-10,14-15H2,1H3,(H,24,25)/t19-,20+/m0/s1. The molecule has 0 bridgehead atoms. The molecule has 1 amide bonds. The van der Waals surface area contributed by atoms with Gasteiger partial charge in [-0.05, 0) is 55.4 Å². The van der Waals surface area contributed by atoms with E-state index in [-0.39, 0.29) is 24.8 Å². The number of nitrogens with one attached hydrogen (secondary N) is 1. The lowest BCUT2D eigenvalue weighted by molar-refractivity contribution is 0.139. The predicted octanol–water partition coefficient (Wildman–Crippen LogP) is 4.80. The van der Waals surface area contributed by atoms with Crippen LogP contribution < -0.4 is 14.8 Å². The van der Waals surface area contributed by atoms with Gasteiger partial charge in [0.05, 0.1) is 13.2 Å². The Bertz CT molecular complexity index is 802. The van der Waals surface area contributed by atoms with Crippen molar-refractivity contribution in [2.45, 2.75) is 56.8 Å². The second kappa shape index (κ2) is 8.55. The van der Waals surface area contributed by atoms with Gasteiger partial charge in [-0.2, -0.15) is 0 Å². The summed E-state index contributed by atoms with van der Waals surface area (Å²) in [5, 5.41) is 2.96. The molecule has 2 aromatic carbocycles. The number of amides is 1. The molecule has 4 rings (SSSR count). The van der Waals surface area contributed by atoms with Gasteiger partial charge in [0.15, 0.2) is 11.5 Å². The minimum Gasteiger partial charge on any atom is -0.493 e. The smallest absolute Gasteiger partial charge is 0.407 e. The number of ether oxygens (including phenoxy) is 3. The number of carbonyl (C=O) groups is 1. The first-order chi connectivity index (χ1) is 13.7. The van der Waals surface area contributed by atoms with E-state index in [1.807, 2.05) is 36.4 Å². The number of hydrogen-bond acceptors (Lipinski definition) is 4. The highest BCUT2D eigenvalue weighted by Crippen LogP contribution is 2.44. The molecular formula is C23H27NO4. The first-order valence-corrected chi connectivity index (χ1v) is 10.0. The molecule has 0 heterocycles. The predicted molar refractivity (Wildman–Crippen MR) is 107 cm³/mol. The molecule has 5 heteroatoms. The molecule has 0 unspecified atom stereocenters. The molecule has 0 spiro atoms. The molecule has 2 atom stereocenters. The van der Waals surface area contributed by atoms with E-state index in [1.165, 1.54) is 18.4 Å². The molecule has 0 radical (unpaired) electrons. The summed E-state index contributed by atoms with van der Waals surface area (Å²) in [6, 6.07) is 15.9. The first kappa shape index (κ1) is 18.7. The van der Waals surface area contributed by atoms with Gasteiger partial charge < -0.3 is 19.5 Å². The lowest BCUT2D eigenvalue weighted by Crippen LogP contribution is -2.27. The highest BCUT2D eigenvalue weighted by atomic mass is 16.5. The van der Waals surface area contributed by atoms with Crippen LogP contribution in [0.25, 0.3) is 0 Å². The molecule has 28 heavy (non-hydrogen) atoms. The van der Waals surface area contributed by atoms with Crippen molar-refractivity contribution in [3.63, 3.8) is 0 Å². The van der Waals surface area contributed by atoms with Crippen molar-refractivity contribution in [2.24, 2.45) is 0 Å². The second-order valence-electron chi connectivity index (χ2n) is 7.59. The van der Waals surface area contributed by atoms with Crippen LogP contribution in [0.3, 0.4) is 0 Å². The SMILES string of the molecule is COc1ccc([C@@H]2C[C@H]2NC(=O)OCc2ccccc2)cc1OC1CCCC1. The lowest BCUT2D eigenvalue weighted by Gasteiger charge is -2.17. The molecule has 2 aromatic rings. The Morgan fingerprint density at radius 1 is 1.07 bits per heavy atom. The highest BCUT2D eigenvalue weighted by Gasteiger charge is 2.40. The first-order valence-electron chi connectivity index (χ1n) is 10.0. The van der Waals surface area contributed by atoms with E-state index in [0.29, 0.717) is 5.92 Å². The molecule has 0 aliphatic heterocycles. The van der Waals surface area contributed by atoms with Gasteiger partial charge in [0.1, 0.15) is 6.61 Å². The van der Waals surface area contributed by atoms with Gasteiger partial charge in [0.2, 0.25) is 0 Å². The minimum atomic E-state index is -0.368. The van der Waals surface area contributed by atoms with Crippen molar-refractivity contribution < 1.29 is 19.0 Å². The molecule has 2 aliphatic carbocycles. The van der Waals surface area contributed by atoms with Crippen LogP contribution in [0.4, 0.5) is 4.79 Å². The maximum Gasteiger partial charge on any atom is 0.407 e. The normalized spacial score (nSPS) is 21.2. The van der Waals surface area contributed by atoms with Crippen molar-refractivity contribution in [2.75, 3.05) is 7.11 Å². The van der Waals surface area contributed by atoms with Gasteiger partial charge in [-0.1, -0.05) is 36.4 Å². The summed E-state index contributed by atoms with van der Waals surface area (Å²) in [5.74, 6) is 1.87. The number of methoxy groups -OCH3 is 1. The summed E-state index contributed by atoms with van der Waals surface area (Å²) in [5.41, 5.74) is 2.15. The molecule has 148 valence electrons. The van der Waals surface area contributed by atoms with Gasteiger partial charge in [0, 0.05) is 12.0 Å². The largest absolute Gasteiger partial charge is 0.493 e. The van der Waals surface area contributed by atoms with Crippen LogP contribution in [0.15, 0.2) is 48.5 Å². The maximum atomic E-state index is 12.1. The Labute approximate surface area is 166 Å². The van der Waals surface area contributed by atoms with Gasteiger partial charge in [-0.15, -0.1) is 0 Å². The number of hydrogen-bond donors (Lipinski definition) is 1. The molecule has 0 saturated heterocycles. The van der Waals surface area contributed by atoms with Crippen molar-refractivity contribution >= 4 is 6.09 Å². The fourth-order valence-electron chi connectivity index (χ4n) is 3.84. The van der Waals surface area contributed by atoms with E-state index in [2.05, 4.69) is 17.4 Å². The molecular weight excluding hydrogens is 354 g/mol. The summed E-state index contributed by atoms with van der Waals surface area (Å²) in [7, 11) is 1.67. The fraction of sp³-hybridized carbons (Fsp3) is 0.435. The van der Waals surface area contributed by atoms with Crippen LogP contribution >= 0.6 is 0 Å². The van der Waals surface area contributed by atoms with Crippen LogP contribution in [0.5, 0.6) is 11.5 Å². The molecule has 5 nitrogen and oxygen atoms in total. The summed E-state index contributed by atoms with van der Waals surface area (Å²) < 4.78 is 17.0. The van der Waals surface area contributed by atoms with E-state index < -0.39 is 0 Å². The third-order valence-electron chi connectivity index (χ3n) is 5.52. The molecule has 1 N–H and O–H groups in total. The van der Waals surface area contributed by atoms with E-state index in [4.69, 9.17) is 14.2 Å². The van der Waals surface area contributed by atoms with Crippen LogP contribution in [-0.4, -0.2) is 25.3 Å². The van der Waals surface area contributed by atoms with Gasteiger partial charge in [0.25, 0.3) is 0 Å². The molecule has 2 saturated carbocycles. The van der Waals surface area contributed by atoms with Crippen molar-refractivity contribution in [3.8, 4) is 11.5 Å². The van der Waals surface area contributed by atoms with Crippen LogP contribution in [0.1, 0.15) is 49.1 Å². The number of rotatable bonds is 7. The third-order valence-corrected chi connectivity index (χ3v) is 5.52. The second-order valence-corrected chi connectivity index (χ2v) is 7.59. The summed E-state index contributed by atoms with van der Waals surface area (Å²) in [6.07, 6.45) is 5.49. The fourth-order valence-corrected chi connectivity index (χ4v) is 3.84. The Morgan fingerprint density at radius 2 is 1.86 bits per heavy atom. The third kappa shape index (κ3) is 4.58. The minimum absolute atomic E-state index is 0.107. The van der Waals surface area contributed by atoms with Crippen LogP contribution in [0.2, 0.25) is 0 Å². The van der Waals surface area contributed by atoms with Crippen molar-refractivity contribution in [3.05, 3.63) is 59.7 Å². The number of benzene rings is 2. The van der Waals surface area contributed by atoms with Gasteiger partial charge >= 0.3 is 6.09 Å². The zero-order valence-corrected chi connectivity index (χ0v) is 16.2. The Balaban J connectivity index is 1.32. The van der Waals surface area contributed by atoms with Crippen molar-refractivity contribution in [1.29, 1.82) is 0 Å².